The molecule has 32 heavy (non-hydrogen) atoms. The molecule has 3 rings (SSSR count). The number of carbonyl (C=O) groups is 1. The van der Waals surface area contributed by atoms with Crippen molar-refractivity contribution in [2.75, 3.05) is 18.4 Å². The van der Waals surface area contributed by atoms with Crippen LogP contribution in [0.4, 0.5) is 5.82 Å². The summed E-state index contributed by atoms with van der Waals surface area (Å²) >= 11 is 0. The number of nitrogens with two attached hydrogens (primary N) is 1. The first-order valence-corrected chi connectivity index (χ1v) is 12.1. The Balaban J connectivity index is 1.42. The maximum atomic E-state index is 12.2. The fourth-order valence-electron chi connectivity index (χ4n) is 3.98. The summed E-state index contributed by atoms with van der Waals surface area (Å²) in [5.41, 5.74) is 8.46. The average Bonchev–Trinajstić information content (AvgIpc) is 3.13. The number of unbranched alkanes of at least 4 members (excludes halogenated alkanes) is 6. The zero-order valence-electron chi connectivity index (χ0n) is 19.4. The first-order valence-electron chi connectivity index (χ1n) is 12.1. The van der Waals surface area contributed by atoms with Crippen molar-refractivity contribution in [1.29, 1.82) is 0 Å². The summed E-state index contributed by atoms with van der Waals surface area (Å²) in [6.45, 7) is 3.74. The number of fused-ring (bicyclic) bond motifs is 1. The molecule has 0 spiro atoms. The lowest BCUT2D eigenvalue weighted by atomic mass is 10.0. The van der Waals surface area contributed by atoms with Crippen LogP contribution in [0.15, 0.2) is 42.5 Å². The molecule has 6 nitrogen and oxygen atoms in total. The van der Waals surface area contributed by atoms with Gasteiger partial charge in [-0.2, -0.15) is 0 Å². The predicted molar refractivity (Wildman–Crippen MR) is 131 cm³/mol. The van der Waals surface area contributed by atoms with E-state index in [1.165, 1.54) is 12.8 Å². The summed E-state index contributed by atoms with van der Waals surface area (Å²) in [7, 11) is 0. The van der Waals surface area contributed by atoms with E-state index in [1.54, 1.807) is 0 Å². The minimum atomic E-state index is 0.240. The summed E-state index contributed by atoms with van der Waals surface area (Å²) in [5.74, 6) is 2.16. The Kier molecular flexibility index (Phi) is 9.69. The number of anilines is 1. The fourth-order valence-corrected chi connectivity index (χ4v) is 3.98. The maximum absolute atomic E-state index is 12.2. The molecule has 1 aromatic carbocycles. The Bertz CT molecular complexity index is 967. The Hall–Kier alpha value is -2.73. The van der Waals surface area contributed by atoms with Crippen molar-refractivity contribution in [3.05, 3.63) is 59.5 Å². The number of aryl methyl sites for hydroxylation is 2. The highest BCUT2D eigenvalue weighted by Gasteiger charge is 2.10. The van der Waals surface area contributed by atoms with Crippen molar-refractivity contribution in [1.82, 2.24) is 14.6 Å². The molecular weight excluding hydrogens is 398 g/mol. The second kappa shape index (κ2) is 13.0. The van der Waals surface area contributed by atoms with Gasteiger partial charge in [0, 0.05) is 24.9 Å². The van der Waals surface area contributed by atoms with Crippen LogP contribution in [0.1, 0.15) is 79.7 Å². The Morgan fingerprint density at radius 2 is 1.69 bits per heavy atom. The highest BCUT2D eigenvalue weighted by molar-refractivity contribution is 5.95. The molecule has 0 amide bonds. The number of benzene rings is 1. The van der Waals surface area contributed by atoms with Crippen LogP contribution >= 0.6 is 0 Å². The highest BCUT2D eigenvalue weighted by Crippen LogP contribution is 2.17. The molecule has 2 heterocycles. The summed E-state index contributed by atoms with van der Waals surface area (Å²) in [4.78, 5) is 16.9. The monoisotopic (exact) mass is 435 g/mol. The van der Waals surface area contributed by atoms with Gasteiger partial charge in [0.1, 0.15) is 11.6 Å². The van der Waals surface area contributed by atoms with E-state index in [2.05, 4.69) is 11.4 Å². The molecule has 0 aliphatic carbocycles. The number of hydrogen-bond acceptors (Lipinski definition) is 5. The summed E-state index contributed by atoms with van der Waals surface area (Å²) in [5, 5.41) is 8.22. The second-order valence-corrected chi connectivity index (χ2v) is 8.46. The van der Waals surface area contributed by atoms with E-state index in [9.17, 15) is 4.79 Å². The third kappa shape index (κ3) is 7.16. The van der Waals surface area contributed by atoms with Gasteiger partial charge in [0.25, 0.3) is 0 Å². The van der Waals surface area contributed by atoms with E-state index in [-0.39, 0.29) is 5.78 Å². The third-order valence-electron chi connectivity index (χ3n) is 5.83. The summed E-state index contributed by atoms with van der Waals surface area (Å²) < 4.78 is 1.99. The van der Waals surface area contributed by atoms with Gasteiger partial charge in [-0.1, -0.05) is 56.0 Å². The van der Waals surface area contributed by atoms with Crippen molar-refractivity contribution in [2.24, 2.45) is 5.73 Å². The molecule has 0 radical (unpaired) electrons. The molecule has 0 bridgehead atoms. The standard InChI is InChI=1S/C26H37N5O/c1-21-23-17-18-25(28-20-12-5-4-11-19-27)30-31(23)26(29-21)16-10-3-2-9-15-24(32)22-13-7-6-8-14-22/h6-8,13-14,17-18H,2-5,9-12,15-16,19-20,27H2,1H3,(H,28,30). The van der Waals surface area contributed by atoms with E-state index in [4.69, 9.17) is 15.8 Å². The van der Waals surface area contributed by atoms with E-state index in [0.717, 1.165) is 86.5 Å². The van der Waals surface area contributed by atoms with E-state index < -0.39 is 0 Å². The van der Waals surface area contributed by atoms with Crippen LogP contribution in [-0.4, -0.2) is 33.5 Å². The number of nitrogens with zero attached hydrogens (tertiary/aromatic N) is 3. The second-order valence-electron chi connectivity index (χ2n) is 8.46. The number of nitrogens with one attached hydrogen (secondary N) is 1. The lowest BCUT2D eigenvalue weighted by Gasteiger charge is -2.07. The molecule has 3 aromatic rings. The highest BCUT2D eigenvalue weighted by atomic mass is 16.1. The Morgan fingerprint density at radius 1 is 0.938 bits per heavy atom. The van der Waals surface area contributed by atoms with Crippen LogP contribution in [0.3, 0.4) is 0 Å². The first-order chi connectivity index (χ1) is 15.7. The van der Waals surface area contributed by atoms with Crippen LogP contribution in [0.2, 0.25) is 0 Å². The Morgan fingerprint density at radius 3 is 2.50 bits per heavy atom. The SMILES string of the molecule is Cc1nc(CCCCCCC(=O)c2ccccc2)n2nc(NCCCCCCN)ccc12. The molecule has 172 valence electrons. The zero-order chi connectivity index (χ0) is 22.6. The minimum absolute atomic E-state index is 0.240. The van der Waals surface area contributed by atoms with Gasteiger partial charge in [-0.05, 0) is 51.3 Å². The number of Topliss-reactive ketones (excluding diaryl/α,β-unsaturated/α-hetero) is 1. The van der Waals surface area contributed by atoms with Crippen molar-refractivity contribution in [3.63, 3.8) is 0 Å². The average molecular weight is 436 g/mol. The van der Waals surface area contributed by atoms with Crippen LogP contribution in [-0.2, 0) is 6.42 Å². The molecule has 2 aromatic heterocycles. The zero-order valence-corrected chi connectivity index (χ0v) is 19.4. The predicted octanol–water partition coefficient (Wildman–Crippen LogP) is 5.34. The normalized spacial score (nSPS) is 11.2. The molecule has 0 aliphatic heterocycles. The van der Waals surface area contributed by atoms with Gasteiger partial charge >= 0.3 is 0 Å². The third-order valence-corrected chi connectivity index (χ3v) is 5.83. The lowest BCUT2D eigenvalue weighted by molar-refractivity contribution is 0.0979. The van der Waals surface area contributed by atoms with Gasteiger partial charge in [-0.15, -0.1) is 5.10 Å². The topological polar surface area (TPSA) is 85.3 Å². The van der Waals surface area contributed by atoms with Crippen LogP contribution in [0.25, 0.3) is 5.52 Å². The molecule has 6 heteroatoms. The van der Waals surface area contributed by atoms with Crippen molar-refractivity contribution in [3.8, 4) is 0 Å². The van der Waals surface area contributed by atoms with Gasteiger partial charge in [-0.25, -0.2) is 9.50 Å². The quantitative estimate of drug-likeness (QED) is 0.248. The van der Waals surface area contributed by atoms with Crippen molar-refractivity contribution < 1.29 is 4.79 Å². The molecule has 0 atom stereocenters. The number of hydrogen-bond donors (Lipinski definition) is 2. The summed E-state index contributed by atoms with van der Waals surface area (Å²) in [6.07, 6.45) is 10.3. The first kappa shape index (κ1) is 23.9. The van der Waals surface area contributed by atoms with E-state index in [0.29, 0.717) is 6.42 Å². The van der Waals surface area contributed by atoms with Gasteiger partial charge in [0.2, 0.25) is 0 Å². The van der Waals surface area contributed by atoms with Gasteiger partial charge in [0.05, 0.1) is 11.2 Å². The lowest BCUT2D eigenvalue weighted by Crippen LogP contribution is -2.07. The maximum Gasteiger partial charge on any atom is 0.162 e. The minimum Gasteiger partial charge on any atom is -0.369 e. The molecular formula is C26H37N5O. The van der Waals surface area contributed by atoms with Crippen LogP contribution in [0.5, 0.6) is 0 Å². The molecule has 0 unspecified atom stereocenters. The van der Waals surface area contributed by atoms with E-state index in [1.807, 2.05) is 47.8 Å². The molecule has 0 saturated carbocycles. The largest absolute Gasteiger partial charge is 0.369 e. The number of carbonyl (C=O) groups excluding carboxylic acids is 1. The fraction of sp³-hybridized carbons (Fsp3) is 0.500. The van der Waals surface area contributed by atoms with Crippen molar-refractivity contribution >= 4 is 17.1 Å². The summed E-state index contributed by atoms with van der Waals surface area (Å²) in [6, 6.07) is 13.7. The molecule has 0 fully saturated rings. The molecule has 0 aliphatic rings. The number of imidazole rings is 1. The van der Waals surface area contributed by atoms with Gasteiger partial charge in [-0.3, -0.25) is 4.79 Å². The van der Waals surface area contributed by atoms with Gasteiger partial charge in [0.15, 0.2) is 5.78 Å². The molecule has 0 saturated heterocycles. The Labute approximate surface area is 191 Å². The molecule has 3 N–H and O–H groups in total. The number of ketones is 1. The van der Waals surface area contributed by atoms with Crippen molar-refractivity contribution in [2.45, 2.75) is 71.1 Å². The number of aromatic nitrogens is 3. The van der Waals surface area contributed by atoms with Crippen LogP contribution < -0.4 is 11.1 Å². The number of rotatable bonds is 15. The van der Waals surface area contributed by atoms with Crippen LogP contribution in [0, 0.1) is 6.92 Å². The van der Waals surface area contributed by atoms with E-state index >= 15 is 0 Å². The smallest absolute Gasteiger partial charge is 0.162 e. The van der Waals surface area contributed by atoms with Gasteiger partial charge < -0.3 is 11.1 Å².